The second-order valence-corrected chi connectivity index (χ2v) is 17.4. The number of anilines is 2. The minimum atomic E-state index is -3.48. The number of nitrogens with one attached hydrogen (secondary N) is 2. The van der Waals surface area contributed by atoms with Crippen molar-refractivity contribution in [2.24, 2.45) is 9.98 Å². The average Bonchev–Trinajstić information content (AvgIpc) is 3.78. The third-order valence-corrected chi connectivity index (χ3v) is 10.7. The lowest BCUT2D eigenvalue weighted by atomic mass is 10.1. The summed E-state index contributed by atoms with van der Waals surface area (Å²) in [6.07, 6.45) is 9.26. The Morgan fingerprint density at radius 1 is 0.696 bits per heavy atom. The smallest absolute Gasteiger partial charge is 0.229 e. The largest absolute Gasteiger partial charge is 0.322 e. The Morgan fingerprint density at radius 2 is 1.16 bits per heavy atom. The van der Waals surface area contributed by atoms with E-state index in [0.29, 0.717) is 60.1 Å². The van der Waals surface area contributed by atoms with Gasteiger partial charge in [-0.15, -0.1) is 0 Å². The molecule has 0 unspecified atom stereocenters. The van der Waals surface area contributed by atoms with Gasteiger partial charge in [0.15, 0.2) is 0 Å². The van der Waals surface area contributed by atoms with Gasteiger partial charge >= 0.3 is 0 Å². The van der Waals surface area contributed by atoms with Crippen LogP contribution in [0.25, 0.3) is 0 Å². The monoisotopic (exact) mass is 826 g/mol. The van der Waals surface area contributed by atoms with Gasteiger partial charge in [0.2, 0.25) is 20.0 Å². The van der Waals surface area contributed by atoms with Crippen LogP contribution in [0.3, 0.4) is 0 Å². The molecule has 0 aliphatic carbocycles. The van der Waals surface area contributed by atoms with E-state index in [2.05, 4.69) is 19.4 Å². The molecule has 0 spiro atoms. The molecule has 6 heterocycles. The fourth-order valence-corrected chi connectivity index (χ4v) is 8.35. The third kappa shape index (κ3) is 7.72. The van der Waals surface area contributed by atoms with Crippen LogP contribution < -0.4 is 19.2 Å². The molecule has 2 aromatic rings. The summed E-state index contributed by atoms with van der Waals surface area (Å²) in [6, 6.07) is 13.7. The maximum absolute atomic E-state index is 13.4. The van der Waals surface area contributed by atoms with E-state index in [9.17, 15) is 21.2 Å². The van der Waals surface area contributed by atoms with Crippen molar-refractivity contribution in [3.8, 4) is 0 Å². The van der Waals surface area contributed by atoms with Crippen molar-refractivity contribution in [3.63, 3.8) is 0 Å². The summed E-state index contributed by atoms with van der Waals surface area (Å²) in [7, 11) is -3.79. The van der Waals surface area contributed by atoms with Crippen LogP contribution in [-0.2, 0) is 29.7 Å². The number of rotatable bonds is 8. The van der Waals surface area contributed by atoms with Crippen LogP contribution in [0.5, 0.6) is 0 Å². The van der Waals surface area contributed by atoms with Crippen LogP contribution in [-0.4, -0.2) is 102 Å². The lowest BCUT2D eigenvalue weighted by Crippen LogP contribution is -2.44. The van der Waals surface area contributed by atoms with Crippen LogP contribution in [0.2, 0.25) is 5.02 Å². The second kappa shape index (κ2) is 15.0. The molecular weight excluding hydrogens is 787 g/mol. The van der Waals surface area contributed by atoms with E-state index >= 15 is 0 Å². The highest BCUT2D eigenvalue weighted by Crippen LogP contribution is 2.41. The molecule has 2 N–H and O–H groups in total. The first-order valence-corrected chi connectivity index (χ1v) is 21.3. The number of fused-ring (bicyclic) bond motifs is 4. The van der Waals surface area contributed by atoms with Gasteiger partial charge in [0.1, 0.15) is 42.2 Å². The second-order valence-electron chi connectivity index (χ2n) is 13.5. The quantitative estimate of drug-likeness (QED) is 0.397. The average molecular weight is 827 g/mol. The normalized spacial score (nSPS) is 19.1. The Hall–Kier alpha value is -5.34. The minimum Gasteiger partial charge on any atom is -0.322 e. The Labute approximate surface area is 330 Å². The number of aliphatic imine (C=N–C) groups is 2. The number of allylic oxidation sites excluding steroid dienone is 2. The molecule has 6 aliphatic rings. The highest BCUT2D eigenvalue weighted by atomic mass is 35.5. The van der Waals surface area contributed by atoms with Gasteiger partial charge in [-0.2, -0.15) is 0 Å². The highest BCUT2D eigenvalue weighted by molar-refractivity contribution is 7.89. The SMILES string of the molecule is CON1C=C2C=NC3=C(N2C1)N(c1ccc(F)cc1)CC(C)=C3NS(C)(=O)=O.CON1C=C2C=NC3=C(N2C1)N(c1ccccc1Cl)CC(C)=C3NS(C)(=O)=O. The summed E-state index contributed by atoms with van der Waals surface area (Å²) >= 11 is 6.48. The zero-order valence-electron chi connectivity index (χ0n) is 31.4. The van der Waals surface area contributed by atoms with Crippen molar-refractivity contribution in [1.29, 1.82) is 0 Å². The number of hydrogen-bond donors (Lipinski definition) is 2. The zero-order chi connectivity index (χ0) is 40.1. The lowest BCUT2D eigenvalue weighted by Gasteiger charge is -2.41. The summed E-state index contributed by atoms with van der Waals surface area (Å²) in [6.45, 7) is 5.48. The summed E-state index contributed by atoms with van der Waals surface area (Å²) < 4.78 is 66.4. The predicted molar refractivity (Wildman–Crippen MR) is 212 cm³/mol. The van der Waals surface area contributed by atoms with Gasteiger partial charge < -0.3 is 19.6 Å². The van der Waals surface area contributed by atoms with E-state index in [1.165, 1.54) is 12.1 Å². The number of para-hydroxylation sites is 1. The maximum atomic E-state index is 13.4. The molecule has 0 atom stereocenters. The van der Waals surface area contributed by atoms with Gasteiger partial charge in [0.25, 0.3) is 0 Å². The number of hydroxylamine groups is 4. The fourth-order valence-electron chi connectivity index (χ4n) is 6.83. The number of hydrogen-bond acceptors (Lipinski definition) is 14. The molecular formula is C36H40ClFN10O6S2. The van der Waals surface area contributed by atoms with E-state index < -0.39 is 20.0 Å². The maximum Gasteiger partial charge on any atom is 0.229 e. The van der Waals surface area contributed by atoms with E-state index in [1.807, 2.05) is 70.1 Å². The lowest BCUT2D eigenvalue weighted by molar-refractivity contribution is -0.0951. The van der Waals surface area contributed by atoms with E-state index in [0.717, 1.165) is 52.2 Å². The molecule has 0 bridgehead atoms. The third-order valence-electron chi connectivity index (χ3n) is 9.28. The van der Waals surface area contributed by atoms with Gasteiger partial charge in [-0.25, -0.2) is 41.3 Å². The summed E-state index contributed by atoms with van der Waals surface area (Å²) in [5.41, 5.74) is 6.91. The molecule has 0 saturated heterocycles. The van der Waals surface area contributed by atoms with Crippen LogP contribution in [0.1, 0.15) is 13.8 Å². The van der Waals surface area contributed by atoms with Gasteiger partial charge in [-0.3, -0.25) is 19.1 Å². The Balaban J connectivity index is 0.000000172. The van der Waals surface area contributed by atoms with Crippen molar-refractivity contribution in [1.82, 2.24) is 29.4 Å². The van der Waals surface area contributed by atoms with Crippen LogP contribution in [0.15, 0.2) is 128 Å². The van der Waals surface area contributed by atoms with Crippen molar-refractivity contribution >= 4 is 55.5 Å². The molecule has 0 saturated carbocycles. The standard InChI is InChI=1S/C18H20ClN5O3S.C18H20FN5O3S/c1-12-9-23(15-7-5-4-6-14(15)19)18-17(16(12)21-28(3,25)26)20-8-13-10-22(27-2)11-24(13)18;1-12-9-23(14-6-4-13(19)5-7-14)18-17(16(12)21-28(3,25)26)20-8-15-10-22(27-2)11-24(15)18/h2*4-8,10,21H,9,11H2,1-3H3. The highest BCUT2D eigenvalue weighted by Gasteiger charge is 2.39. The van der Waals surface area contributed by atoms with Gasteiger partial charge in [-0.1, -0.05) is 23.7 Å². The predicted octanol–water partition coefficient (Wildman–Crippen LogP) is 3.91. The van der Waals surface area contributed by atoms with Gasteiger partial charge in [0.05, 0.1) is 85.1 Å². The molecule has 296 valence electrons. The zero-order valence-corrected chi connectivity index (χ0v) is 33.7. The van der Waals surface area contributed by atoms with Crippen LogP contribution >= 0.6 is 11.6 Å². The Morgan fingerprint density at radius 3 is 1.62 bits per heavy atom. The molecule has 6 aliphatic heterocycles. The summed E-state index contributed by atoms with van der Waals surface area (Å²) in [5, 5.41) is 3.93. The number of halogens is 2. The summed E-state index contributed by atoms with van der Waals surface area (Å²) in [5.74, 6) is 1.13. The Kier molecular flexibility index (Phi) is 10.4. The van der Waals surface area contributed by atoms with E-state index in [-0.39, 0.29) is 5.82 Å². The first-order valence-electron chi connectivity index (χ1n) is 17.1. The van der Waals surface area contributed by atoms with Crippen LogP contribution in [0, 0.1) is 5.82 Å². The Bertz CT molecular complexity index is 2450. The van der Waals surface area contributed by atoms with Crippen molar-refractivity contribution in [2.75, 3.05) is 63.0 Å². The molecule has 2 aromatic carbocycles. The van der Waals surface area contributed by atoms with Crippen LogP contribution in [0.4, 0.5) is 15.8 Å². The molecule has 0 aromatic heterocycles. The molecule has 0 radical (unpaired) electrons. The number of sulfonamides is 2. The molecule has 20 heteroatoms. The number of benzene rings is 2. The fraction of sp³-hybridized carbons (Fsp3) is 0.278. The van der Waals surface area contributed by atoms with Crippen molar-refractivity contribution < 1.29 is 30.9 Å². The molecule has 16 nitrogen and oxygen atoms in total. The van der Waals surface area contributed by atoms with Gasteiger partial charge in [0, 0.05) is 18.8 Å². The van der Waals surface area contributed by atoms with E-state index in [1.54, 1.807) is 48.9 Å². The van der Waals surface area contributed by atoms with E-state index in [4.69, 9.17) is 21.3 Å². The molecule has 56 heavy (non-hydrogen) atoms. The molecule has 0 fully saturated rings. The van der Waals surface area contributed by atoms with Gasteiger partial charge in [-0.05, 0) is 61.4 Å². The molecule has 8 rings (SSSR count). The first-order chi connectivity index (χ1) is 26.5. The molecule has 0 amide bonds. The summed E-state index contributed by atoms with van der Waals surface area (Å²) in [4.78, 5) is 27.8. The number of nitrogens with zero attached hydrogens (tertiary/aromatic N) is 8. The first kappa shape index (κ1) is 38.9. The topological polar surface area (TPSA) is 155 Å². The minimum absolute atomic E-state index is 0.323. The van der Waals surface area contributed by atoms with Crippen molar-refractivity contribution in [2.45, 2.75) is 13.8 Å². The van der Waals surface area contributed by atoms with Crippen molar-refractivity contribution in [3.05, 3.63) is 129 Å².